The van der Waals surface area contributed by atoms with Gasteiger partial charge in [-0.25, -0.2) is 18.3 Å². The summed E-state index contributed by atoms with van der Waals surface area (Å²) >= 11 is 0. The van der Waals surface area contributed by atoms with Crippen LogP contribution in [-0.4, -0.2) is 49.3 Å². The Morgan fingerprint density at radius 1 is 1.09 bits per heavy atom. The minimum absolute atomic E-state index is 0.0174. The van der Waals surface area contributed by atoms with E-state index in [2.05, 4.69) is 15.2 Å². The van der Waals surface area contributed by atoms with Gasteiger partial charge in [0, 0.05) is 37.4 Å². The van der Waals surface area contributed by atoms with E-state index in [1.807, 2.05) is 0 Å². The summed E-state index contributed by atoms with van der Waals surface area (Å²) in [6.07, 6.45) is 0.319. The molecule has 3 heterocycles. The van der Waals surface area contributed by atoms with Crippen molar-refractivity contribution in [2.24, 2.45) is 14.1 Å². The summed E-state index contributed by atoms with van der Waals surface area (Å²) in [4.78, 5) is 30.4. The van der Waals surface area contributed by atoms with E-state index < -0.39 is 24.8 Å². The van der Waals surface area contributed by atoms with E-state index in [1.54, 1.807) is 40.1 Å². The number of fused-ring (bicyclic) bond motifs is 1. The van der Waals surface area contributed by atoms with E-state index in [1.165, 1.54) is 33.9 Å². The molecule has 4 aromatic rings. The van der Waals surface area contributed by atoms with Crippen molar-refractivity contribution in [3.63, 3.8) is 0 Å². The van der Waals surface area contributed by atoms with E-state index in [0.29, 0.717) is 22.3 Å². The Morgan fingerprint density at radius 2 is 1.85 bits per heavy atom. The number of benzene rings is 1. The number of rotatable bonds is 7. The normalized spacial score (nSPS) is 11.3. The van der Waals surface area contributed by atoms with Crippen molar-refractivity contribution in [2.75, 3.05) is 6.61 Å². The van der Waals surface area contributed by atoms with Crippen LogP contribution in [-0.2, 0) is 14.1 Å². The molecule has 0 aliphatic heterocycles. The molecule has 1 aromatic carbocycles. The Hall–Kier alpha value is -4.15. The molecule has 0 unspecified atom stereocenters. The van der Waals surface area contributed by atoms with Crippen molar-refractivity contribution >= 4 is 22.7 Å². The minimum Gasteiger partial charge on any atom is -0.487 e. The van der Waals surface area contributed by atoms with E-state index in [-0.39, 0.29) is 28.3 Å². The van der Waals surface area contributed by atoms with Crippen molar-refractivity contribution in [3.05, 3.63) is 64.7 Å². The Balaban J connectivity index is 1.71. The number of halogens is 2. The van der Waals surface area contributed by atoms with Crippen LogP contribution in [0.15, 0.2) is 36.7 Å². The van der Waals surface area contributed by atoms with Crippen LogP contribution in [0.5, 0.6) is 11.6 Å². The maximum atomic E-state index is 13.5. The first-order chi connectivity index (χ1) is 16.2. The van der Waals surface area contributed by atoms with Gasteiger partial charge in [-0.15, -0.1) is 0 Å². The summed E-state index contributed by atoms with van der Waals surface area (Å²) in [7, 11) is 3.24. The Kier molecular flexibility index (Phi) is 6.10. The first-order valence-electron chi connectivity index (χ1n) is 10.3. The van der Waals surface area contributed by atoms with Crippen LogP contribution in [0.1, 0.15) is 37.7 Å². The van der Waals surface area contributed by atoms with Crippen molar-refractivity contribution < 1.29 is 27.8 Å². The first-order valence-corrected chi connectivity index (χ1v) is 10.3. The van der Waals surface area contributed by atoms with Gasteiger partial charge in [-0.2, -0.15) is 10.2 Å². The lowest BCUT2D eigenvalue weighted by Crippen LogP contribution is -2.14. The van der Waals surface area contributed by atoms with Crippen molar-refractivity contribution in [1.82, 2.24) is 24.5 Å². The van der Waals surface area contributed by atoms with Gasteiger partial charge in [-0.3, -0.25) is 14.5 Å². The molecule has 0 aliphatic rings. The molecule has 0 aliphatic carbocycles. The second-order valence-corrected chi connectivity index (χ2v) is 7.65. The van der Waals surface area contributed by atoms with Gasteiger partial charge in [0.15, 0.2) is 5.78 Å². The number of carbonyl (C=O) groups is 2. The van der Waals surface area contributed by atoms with E-state index in [9.17, 15) is 18.4 Å². The lowest BCUT2D eigenvalue weighted by molar-refractivity contribution is 0.0717. The van der Waals surface area contributed by atoms with Gasteiger partial charge >= 0.3 is 5.97 Å². The number of aromatic nitrogens is 5. The summed E-state index contributed by atoms with van der Waals surface area (Å²) in [5.74, 6) is -0.965. The molecule has 4 rings (SSSR count). The topological polar surface area (TPSA) is 101 Å². The highest BCUT2D eigenvalue weighted by Crippen LogP contribution is 2.30. The second kappa shape index (κ2) is 9.00. The average molecular weight is 469 g/mol. The van der Waals surface area contributed by atoms with Crippen LogP contribution in [0.2, 0.25) is 0 Å². The molecule has 0 amide bonds. The van der Waals surface area contributed by atoms with Crippen molar-refractivity contribution in [2.45, 2.75) is 20.3 Å². The highest BCUT2D eigenvalue weighted by molar-refractivity contribution is 6.13. The predicted octanol–water partition coefficient (Wildman–Crippen LogP) is 3.41. The highest BCUT2D eigenvalue weighted by atomic mass is 19.3. The molecule has 0 saturated carbocycles. The van der Waals surface area contributed by atoms with Crippen molar-refractivity contribution in [1.29, 1.82) is 0 Å². The number of nitrogens with zero attached hydrogens (tertiary/aromatic N) is 5. The van der Waals surface area contributed by atoms with Crippen LogP contribution in [0.4, 0.5) is 8.78 Å². The molecule has 11 heteroatoms. The zero-order chi connectivity index (χ0) is 24.6. The molecule has 0 fully saturated rings. The quantitative estimate of drug-likeness (QED) is 0.302. The summed E-state index contributed by atoms with van der Waals surface area (Å²) in [6, 6.07) is 6.11. The maximum Gasteiger partial charge on any atom is 0.348 e. The third-order valence-corrected chi connectivity index (χ3v) is 5.15. The fourth-order valence-corrected chi connectivity index (χ4v) is 3.64. The zero-order valence-corrected chi connectivity index (χ0v) is 18.9. The fourth-order valence-electron chi connectivity index (χ4n) is 3.64. The zero-order valence-electron chi connectivity index (χ0n) is 18.9. The highest BCUT2D eigenvalue weighted by Gasteiger charge is 2.27. The number of ether oxygens (including phenoxy) is 2. The largest absolute Gasteiger partial charge is 0.487 e. The van der Waals surface area contributed by atoms with Crippen LogP contribution in [0.3, 0.4) is 0 Å². The summed E-state index contributed by atoms with van der Waals surface area (Å²) < 4.78 is 38.8. The van der Waals surface area contributed by atoms with Gasteiger partial charge < -0.3 is 9.47 Å². The van der Waals surface area contributed by atoms with E-state index in [0.717, 1.165) is 0 Å². The molecule has 0 spiro atoms. The Morgan fingerprint density at radius 3 is 2.53 bits per heavy atom. The molecule has 0 saturated heterocycles. The second-order valence-electron chi connectivity index (χ2n) is 7.65. The monoisotopic (exact) mass is 469 g/mol. The van der Waals surface area contributed by atoms with Crippen molar-refractivity contribution in [3.8, 4) is 11.6 Å². The fraction of sp³-hybridized carbons (Fsp3) is 0.261. The van der Waals surface area contributed by atoms with E-state index in [4.69, 9.17) is 9.47 Å². The Bertz CT molecular complexity index is 1410. The van der Waals surface area contributed by atoms with Gasteiger partial charge in [0.25, 0.3) is 6.43 Å². The first kappa shape index (κ1) is 23.0. The van der Waals surface area contributed by atoms with Gasteiger partial charge in [0.2, 0.25) is 5.88 Å². The molecular weight excluding hydrogens is 448 g/mol. The van der Waals surface area contributed by atoms with Crippen LogP contribution < -0.4 is 9.47 Å². The number of aryl methyl sites for hydroxylation is 4. The van der Waals surface area contributed by atoms with Gasteiger partial charge in [-0.05, 0) is 38.1 Å². The number of carbonyl (C=O) groups excluding carboxylic acids is 2. The molecule has 0 radical (unpaired) electrons. The van der Waals surface area contributed by atoms with E-state index >= 15 is 0 Å². The molecular formula is C23H21F2N5O4. The number of pyridine rings is 1. The lowest BCUT2D eigenvalue weighted by Gasteiger charge is -2.10. The van der Waals surface area contributed by atoms with Gasteiger partial charge in [0.1, 0.15) is 23.5 Å². The molecule has 176 valence electrons. The third-order valence-electron chi connectivity index (χ3n) is 5.15. The predicted molar refractivity (Wildman–Crippen MR) is 118 cm³/mol. The SMILES string of the molecule is Cc1nn(C)cc1C(=O)Oc1c(C(=O)c2ccc3nccc(OCC(F)F)c3c2)c(C)nn1C. The molecule has 0 N–H and O–H groups in total. The van der Waals surface area contributed by atoms with Gasteiger partial charge in [0.05, 0.1) is 16.9 Å². The van der Waals surface area contributed by atoms with Crippen LogP contribution in [0.25, 0.3) is 10.9 Å². The van der Waals surface area contributed by atoms with Crippen LogP contribution >= 0.6 is 0 Å². The molecule has 3 aromatic heterocycles. The smallest absolute Gasteiger partial charge is 0.348 e. The number of alkyl halides is 2. The van der Waals surface area contributed by atoms with Gasteiger partial charge in [-0.1, -0.05) is 0 Å². The minimum atomic E-state index is -2.65. The maximum absolute atomic E-state index is 13.5. The molecule has 0 bridgehead atoms. The molecule has 0 atom stereocenters. The standard InChI is InChI=1S/C23H21F2N5O4/c1-12-16(10-29(3)27-12)23(32)34-22-20(13(2)28-30(22)4)21(31)14-5-6-17-15(9-14)18(7-8-26-17)33-11-19(24)25/h5-10,19H,11H2,1-4H3. The lowest BCUT2D eigenvalue weighted by atomic mass is 10.0. The van der Waals surface area contributed by atoms with Crippen LogP contribution in [0, 0.1) is 13.8 Å². The average Bonchev–Trinajstić information content (AvgIpc) is 3.27. The molecule has 34 heavy (non-hydrogen) atoms. The molecule has 9 nitrogen and oxygen atoms in total. The third kappa shape index (κ3) is 4.36. The Labute approximate surface area is 192 Å². The summed E-state index contributed by atoms with van der Waals surface area (Å²) in [6.45, 7) is 2.51. The summed E-state index contributed by atoms with van der Waals surface area (Å²) in [5, 5.41) is 8.77. The summed E-state index contributed by atoms with van der Waals surface area (Å²) in [5.41, 5.74) is 1.92. The number of esters is 1. The number of hydrogen-bond donors (Lipinski definition) is 0. The number of hydrogen-bond acceptors (Lipinski definition) is 7. The number of ketones is 1.